The van der Waals surface area contributed by atoms with E-state index in [0.29, 0.717) is 22.2 Å². The Bertz CT molecular complexity index is 1800. The lowest BCUT2D eigenvalue weighted by atomic mass is 10.2. The number of carbonyl (C=O) groups excluding carboxylic acids is 1. The van der Waals surface area contributed by atoms with Gasteiger partial charge in [0.25, 0.3) is 11.2 Å². The highest BCUT2D eigenvalue weighted by atomic mass is 16.6. The summed E-state index contributed by atoms with van der Waals surface area (Å²) in [6.45, 7) is 0. The van der Waals surface area contributed by atoms with Crippen LogP contribution in [0.3, 0.4) is 0 Å². The first-order valence-electron chi connectivity index (χ1n) is 11.7. The van der Waals surface area contributed by atoms with Crippen LogP contribution in [0.4, 0.5) is 5.69 Å². The molecule has 5 aromatic rings. The van der Waals surface area contributed by atoms with Crippen molar-refractivity contribution in [2.45, 2.75) is 0 Å². The molecular formula is C29H20N4O6. The fourth-order valence-electron chi connectivity index (χ4n) is 3.88. The molecule has 5 rings (SSSR count). The minimum absolute atomic E-state index is 0.0141. The number of ether oxygens (including phenoxy) is 2. The number of carbonyl (C=O) groups is 1. The summed E-state index contributed by atoms with van der Waals surface area (Å²) in [6, 6.07) is 26.0. The van der Waals surface area contributed by atoms with Crippen LogP contribution in [0.2, 0.25) is 0 Å². The van der Waals surface area contributed by atoms with Gasteiger partial charge in [-0.1, -0.05) is 48.5 Å². The minimum atomic E-state index is -0.702. The highest BCUT2D eigenvalue weighted by Crippen LogP contribution is 2.25. The number of aromatic nitrogens is 2. The number of fused-ring (bicyclic) bond motifs is 1. The lowest BCUT2D eigenvalue weighted by Gasteiger charge is -2.10. The van der Waals surface area contributed by atoms with Crippen LogP contribution in [0.25, 0.3) is 22.3 Å². The number of methoxy groups -OCH3 is 1. The Morgan fingerprint density at radius 2 is 1.74 bits per heavy atom. The third kappa shape index (κ3) is 5.25. The molecule has 10 heteroatoms. The predicted molar refractivity (Wildman–Crippen MR) is 145 cm³/mol. The van der Waals surface area contributed by atoms with E-state index in [0.717, 1.165) is 4.68 Å². The van der Waals surface area contributed by atoms with Gasteiger partial charge in [0.1, 0.15) is 11.5 Å². The topological polar surface area (TPSA) is 126 Å². The monoisotopic (exact) mass is 520 g/mol. The normalized spacial score (nSPS) is 11.0. The molecule has 0 amide bonds. The molecular weight excluding hydrogens is 500 g/mol. The number of non-ortho nitro benzene ring substituents is 1. The molecule has 0 fully saturated rings. The number of nitro benzene ring substituents is 1. The Hall–Kier alpha value is -5.64. The molecule has 39 heavy (non-hydrogen) atoms. The fourth-order valence-corrected chi connectivity index (χ4v) is 3.88. The zero-order valence-electron chi connectivity index (χ0n) is 20.6. The highest BCUT2D eigenvalue weighted by Gasteiger charge is 2.17. The highest BCUT2D eigenvalue weighted by molar-refractivity contribution is 5.94. The van der Waals surface area contributed by atoms with Gasteiger partial charge in [-0.2, -0.15) is 9.78 Å². The van der Waals surface area contributed by atoms with Crippen molar-refractivity contribution in [1.29, 1.82) is 0 Å². The van der Waals surface area contributed by atoms with Crippen LogP contribution < -0.4 is 15.0 Å². The average Bonchev–Trinajstić information content (AvgIpc) is 2.97. The molecule has 0 aliphatic carbocycles. The zero-order chi connectivity index (χ0) is 27.4. The van der Waals surface area contributed by atoms with Crippen LogP contribution in [0.5, 0.6) is 11.5 Å². The largest absolute Gasteiger partial charge is 0.497 e. The van der Waals surface area contributed by atoms with Crippen LogP contribution >= 0.6 is 0 Å². The van der Waals surface area contributed by atoms with Gasteiger partial charge in [-0.15, -0.1) is 0 Å². The van der Waals surface area contributed by atoms with E-state index in [1.54, 1.807) is 66.7 Å². The first kappa shape index (κ1) is 25.0. The van der Waals surface area contributed by atoms with Crippen LogP contribution in [0.1, 0.15) is 15.9 Å². The van der Waals surface area contributed by atoms with E-state index in [9.17, 15) is 19.7 Å². The molecule has 0 aliphatic rings. The second-order valence-corrected chi connectivity index (χ2v) is 8.28. The Labute approximate surface area is 221 Å². The Morgan fingerprint density at radius 1 is 0.974 bits per heavy atom. The summed E-state index contributed by atoms with van der Waals surface area (Å²) in [5, 5.41) is 16.2. The zero-order valence-corrected chi connectivity index (χ0v) is 20.6. The van der Waals surface area contributed by atoms with Crippen LogP contribution in [0.15, 0.2) is 107 Å². The quantitative estimate of drug-likeness (QED) is 0.0963. The van der Waals surface area contributed by atoms with E-state index in [1.165, 1.54) is 37.6 Å². The van der Waals surface area contributed by atoms with Gasteiger partial charge in [0.2, 0.25) is 0 Å². The average molecular weight is 521 g/mol. The number of esters is 1. The second kappa shape index (κ2) is 10.8. The van der Waals surface area contributed by atoms with Gasteiger partial charge < -0.3 is 9.47 Å². The molecule has 1 aromatic heterocycles. The maximum Gasteiger partial charge on any atom is 0.343 e. The fraction of sp³-hybridized carbons (Fsp3) is 0.0345. The molecule has 192 valence electrons. The van der Waals surface area contributed by atoms with E-state index in [4.69, 9.17) is 9.47 Å². The summed E-state index contributed by atoms with van der Waals surface area (Å²) in [7, 11) is 1.47. The smallest absolute Gasteiger partial charge is 0.343 e. The van der Waals surface area contributed by atoms with Gasteiger partial charge in [0, 0.05) is 23.3 Å². The van der Waals surface area contributed by atoms with E-state index < -0.39 is 16.5 Å². The van der Waals surface area contributed by atoms with Crippen LogP contribution in [-0.2, 0) is 0 Å². The van der Waals surface area contributed by atoms with Crippen molar-refractivity contribution < 1.29 is 19.2 Å². The molecule has 0 unspecified atom stereocenters. The summed E-state index contributed by atoms with van der Waals surface area (Å²) in [5.41, 5.74) is 0.787. The van der Waals surface area contributed by atoms with Crippen molar-refractivity contribution in [1.82, 2.24) is 9.66 Å². The lowest BCUT2D eigenvalue weighted by molar-refractivity contribution is -0.384. The van der Waals surface area contributed by atoms with Crippen LogP contribution in [0, 0.1) is 10.1 Å². The van der Waals surface area contributed by atoms with Crippen LogP contribution in [-0.4, -0.2) is 33.9 Å². The third-order valence-electron chi connectivity index (χ3n) is 5.81. The van der Waals surface area contributed by atoms with Gasteiger partial charge >= 0.3 is 5.97 Å². The number of hydrogen-bond acceptors (Lipinski definition) is 8. The van der Waals surface area contributed by atoms with E-state index in [2.05, 4.69) is 10.1 Å². The summed E-state index contributed by atoms with van der Waals surface area (Å²) in [5.74, 6) is 0.0506. The van der Waals surface area contributed by atoms with Gasteiger partial charge in [0.05, 0.1) is 34.7 Å². The Kier molecular flexibility index (Phi) is 6.91. The molecule has 0 N–H and O–H groups in total. The van der Waals surface area contributed by atoms with Crippen molar-refractivity contribution in [3.05, 3.63) is 129 Å². The summed E-state index contributed by atoms with van der Waals surface area (Å²) >= 11 is 0. The van der Waals surface area contributed by atoms with Gasteiger partial charge in [-0.3, -0.25) is 14.9 Å². The standard InChI is InChI=1S/C29H20N4O6/c1-38-23-11-7-10-20(17-23)29(35)39-26-15-14-22(33(36)37)16-21(26)18-30-32-27(19-8-3-2-4-9-19)31-25-13-6-5-12-24(25)28(32)34/h2-18H,1H3. The van der Waals surface area contributed by atoms with E-state index in [-0.39, 0.29) is 28.4 Å². The second-order valence-electron chi connectivity index (χ2n) is 8.28. The third-order valence-corrected chi connectivity index (χ3v) is 5.81. The number of hydrogen-bond donors (Lipinski definition) is 0. The Balaban J connectivity index is 1.61. The van der Waals surface area contributed by atoms with E-state index >= 15 is 0 Å². The molecule has 1 heterocycles. The molecule has 0 aliphatic heterocycles. The van der Waals surface area contributed by atoms with Crippen molar-refractivity contribution in [2.75, 3.05) is 7.11 Å². The summed E-state index contributed by atoms with van der Waals surface area (Å²) in [4.78, 5) is 41.8. The first-order valence-corrected chi connectivity index (χ1v) is 11.7. The lowest BCUT2D eigenvalue weighted by Crippen LogP contribution is -2.20. The van der Waals surface area contributed by atoms with E-state index in [1.807, 2.05) is 6.07 Å². The number of rotatable bonds is 7. The first-order chi connectivity index (χ1) is 18.9. The molecule has 4 aromatic carbocycles. The number of benzene rings is 4. The van der Waals surface area contributed by atoms with Crippen molar-refractivity contribution in [2.24, 2.45) is 5.10 Å². The predicted octanol–water partition coefficient (Wildman–Crippen LogP) is 5.08. The minimum Gasteiger partial charge on any atom is -0.497 e. The number of nitro groups is 1. The maximum atomic E-state index is 13.4. The molecule has 0 spiro atoms. The van der Waals surface area contributed by atoms with Gasteiger partial charge in [-0.05, 0) is 36.4 Å². The molecule has 0 atom stereocenters. The molecule has 10 nitrogen and oxygen atoms in total. The maximum absolute atomic E-state index is 13.4. The molecule has 0 saturated carbocycles. The molecule has 0 bridgehead atoms. The summed E-state index contributed by atoms with van der Waals surface area (Å²) < 4.78 is 11.8. The number of nitrogens with zero attached hydrogens (tertiary/aromatic N) is 4. The van der Waals surface area contributed by atoms with Crippen molar-refractivity contribution in [3.63, 3.8) is 0 Å². The molecule has 0 saturated heterocycles. The van der Waals surface area contributed by atoms with Gasteiger partial charge in [-0.25, -0.2) is 9.78 Å². The number of para-hydroxylation sites is 1. The SMILES string of the molecule is COc1cccc(C(=O)Oc2ccc([N+](=O)[O-])cc2C=Nn2c(-c3ccccc3)nc3ccccc3c2=O)c1. The summed E-state index contributed by atoms with van der Waals surface area (Å²) in [6.07, 6.45) is 1.23. The van der Waals surface area contributed by atoms with Crippen molar-refractivity contribution in [3.8, 4) is 22.9 Å². The Morgan fingerprint density at radius 3 is 2.51 bits per heavy atom. The van der Waals surface area contributed by atoms with Gasteiger partial charge in [0.15, 0.2) is 5.82 Å². The van der Waals surface area contributed by atoms with Crippen molar-refractivity contribution >= 4 is 28.8 Å². The molecule has 0 radical (unpaired) electrons.